The lowest BCUT2D eigenvalue weighted by molar-refractivity contribution is 0.553. The topological polar surface area (TPSA) is 42.7 Å². The molecule has 1 fully saturated rings. The SMILES string of the molecule is Cn1cnnc1C1CCCNCC1. The van der Waals surface area contributed by atoms with Gasteiger partial charge in [0.15, 0.2) is 0 Å². The maximum atomic E-state index is 4.17. The second-order valence-corrected chi connectivity index (χ2v) is 3.68. The van der Waals surface area contributed by atoms with Crippen LogP contribution in [-0.4, -0.2) is 27.9 Å². The molecule has 1 aliphatic rings. The molecule has 0 aromatic carbocycles. The molecule has 1 aromatic rings. The molecule has 1 saturated heterocycles. The zero-order chi connectivity index (χ0) is 9.10. The van der Waals surface area contributed by atoms with Crippen molar-refractivity contribution in [2.24, 2.45) is 7.05 Å². The minimum absolute atomic E-state index is 0.600. The van der Waals surface area contributed by atoms with Crippen LogP contribution in [0, 0.1) is 0 Å². The predicted octanol–water partition coefficient (Wildman–Crippen LogP) is 0.672. The largest absolute Gasteiger partial charge is 0.320 e. The first-order valence-electron chi connectivity index (χ1n) is 4.92. The number of nitrogens with one attached hydrogen (secondary N) is 1. The van der Waals surface area contributed by atoms with Crippen molar-refractivity contribution in [3.63, 3.8) is 0 Å². The van der Waals surface area contributed by atoms with Crippen molar-refractivity contribution >= 4 is 0 Å². The van der Waals surface area contributed by atoms with Crippen LogP contribution in [0.2, 0.25) is 0 Å². The molecule has 1 unspecified atom stereocenters. The number of hydrogen-bond acceptors (Lipinski definition) is 3. The Morgan fingerprint density at radius 1 is 1.46 bits per heavy atom. The second kappa shape index (κ2) is 3.87. The average molecular weight is 180 g/mol. The van der Waals surface area contributed by atoms with Gasteiger partial charge in [-0.3, -0.25) is 0 Å². The minimum Gasteiger partial charge on any atom is -0.320 e. The van der Waals surface area contributed by atoms with Gasteiger partial charge in [0.25, 0.3) is 0 Å². The smallest absolute Gasteiger partial charge is 0.135 e. The van der Waals surface area contributed by atoms with Gasteiger partial charge in [0.2, 0.25) is 0 Å². The molecule has 2 rings (SSSR count). The molecule has 4 heteroatoms. The standard InChI is InChI=1S/C9H16N4/c1-13-7-11-12-9(13)8-3-2-5-10-6-4-8/h7-8,10H,2-6H2,1H3. The van der Waals surface area contributed by atoms with Gasteiger partial charge in [-0.1, -0.05) is 0 Å². The summed E-state index contributed by atoms with van der Waals surface area (Å²) in [7, 11) is 2.02. The van der Waals surface area contributed by atoms with E-state index in [2.05, 4.69) is 15.5 Å². The minimum atomic E-state index is 0.600. The normalized spacial score (nSPS) is 24.2. The molecule has 1 aromatic heterocycles. The van der Waals surface area contributed by atoms with Gasteiger partial charge in [-0.25, -0.2) is 0 Å². The Morgan fingerprint density at radius 3 is 3.15 bits per heavy atom. The third-order valence-electron chi connectivity index (χ3n) is 2.69. The molecule has 0 spiro atoms. The van der Waals surface area contributed by atoms with Crippen LogP contribution < -0.4 is 5.32 Å². The molecule has 0 amide bonds. The molecule has 0 aliphatic carbocycles. The average Bonchev–Trinajstić information content (AvgIpc) is 2.43. The van der Waals surface area contributed by atoms with Crippen molar-refractivity contribution in [1.29, 1.82) is 0 Å². The monoisotopic (exact) mass is 180 g/mol. The molecule has 2 heterocycles. The summed E-state index contributed by atoms with van der Waals surface area (Å²) in [5.41, 5.74) is 0. The van der Waals surface area contributed by atoms with Crippen LogP contribution in [-0.2, 0) is 7.05 Å². The molecule has 1 aliphatic heterocycles. The molecule has 0 saturated carbocycles. The van der Waals surface area contributed by atoms with Crippen molar-refractivity contribution in [1.82, 2.24) is 20.1 Å². The molecule has 0 bridgehead atoms. The summed E-state index contributed by atoms with van der Waals surface area (Å²) in [6.07, 6.45) is 5.46. The maximum Gasteiger partial charge on any atom is 0.135 e. The summed E-state index contributed by atoms with van der Waals surface area (Å²) < 4.78 is 2.04. The molecular formula is C9H16N4. The summed E-state index contributed by atoms with van der Waals surface area (Å²) in [6, 6.07) is 0. The van der Waals surface area contributed by atoms with Gasteiger partial charge < -0.3 is 9.88 Å². The van der Waals surface area contributed by atoms with Gasteiger partial charge in [-0.05, 0) is 32.4 Å². The zero-order valence-electron chi connectivity index (χ0n) is 8.03. The van der Waals surface area contributed by atoms with E-state index in [4.69, 9.17) is 0 Å². The highest BCUT2D eigenvalue weighted by Crippen LogP contribution is 2.23. The first-order chi connectivity index (χ1) is 6.38. The first-order valence-corrected chi connectivity index (χ1v) is 4.92. The summed E-state index contributed by atoms with van der Waals surface area (Å²) in [6.45, 7) is 2.26. The summed E-state index contributed by atoms with van der Waals surface area (Å²) in [5.74, 6) is 1.74. The molecule has 72 valence electrons. The summed E-state index contributed by atoms with van der Waals surface area (Å²) >= 11 is 0. The number of nitrogens with zero attached hydrogens (tertiary/aromatic N) is 3. The van der Waals surface area contributed by atoms with Crippen molar-refractivity contribution in [3.8, 4) is 0 Å². The Balaban J connectivity index is 2.10. The molecule has 1 N–H and O–H groups in total. The van der Waals surface area contributed by atoms with E-state index < -0.39 is 0 Å². The van der Waals surface area contributed by atoms with Crippen LogP contribution in [0.3, 0.4) is 0 Å². The second-order valence-electron chi connectivity index (χ2n) is 3.68. The number of aromatic nitrogens is 3. The fourth-order valence-corrected chi connectivity index (χ4v) is 1.94. The molecule has 4 nitrogen and oxygen atoms in total. The van der Waals surface area contributed by atoms with Gasteiger partial charge in [0.05, 0.1) is 0 Å². The molecule has 0 radical (unpaired) electrons. The zero-order valence-corrected chi connectivity index (χ0v) is 8.03. The summed E-state index contributed by atoms with van der Waals surface area (Å²) in [5, 5.41) is 11.5. The quantitative estimate of drug-likeness (QED) is 0.691. The van der Waals surface area contributed by atoms with Crippen LogP contribution >= 0.6 is 0 Å². The van der Waals surface area contributed by atoms with Crippen molar-refractivity contribution < 1.29 is 0 Å². The highest BCUT2D eigenvalue weighted by atomic mass is 15.2. The van der Waals surface area contributed by atoms with Crippen molar-refractivity contribution in [2.45, 2.75) is 25.2 Å². The Bertz CT molecular complexity index is 260. The third kappa shape index (κ3) is 1.88. The maximum absolute atomic E-state index is 4.17. The van der Waals surface area contributed by atoms with E-state index in [1.807, 2.05) is 11.6 Å². The molecular weight excluding hydrogens is 164 g/mol. The Kier molecular flexibility index (Phi) is 2.59. The van der Waals surface area contributed by atoms with E-state index in [0.717, 1.165) is 18.9 Å². The van der Waals surface area contributed by atoms with Gasteiger partial charge in [-0.2, -0.15) is 0 Å². The van der Waals surface area contributed by atoms with Gasteiger partial charge in [-0.15, -0.1) is 10.2 Å². The van der Waals surface area contributed by atoms with Gasteiger partial charge >= 0.3 is 0 Å². The lowest BCUT2D eigenvalue weighted by Gasteiger charge is -2.11. The van der Waals surface area contributed by atoms with Crippen molar-refractivity contribution in [3.05, 3.63) is 12.2 Å². The van der Waals surface area contributed by atoms with E-state index in [-0.39, 0.29) is 0 Å². The first kappa shape index (κ1) is 8.69. The van der Waals surface area contributed by atoms with E-state index in [1.54, 1.807) is 6.33 Å². The van der Waals surface area contributed by atoms with Gasteiger partial charge in [0.1, 0.15) is 12.2 Å². The number of hydrogen-bond donors (Lipinski definition) is 1. The Hall–Kier alpha value is -0.900. The lowest BCUT2D eigenvalue weighted by Crippen LogP contribution is -2.14. The predicted molar refractivity (Wildman–Crippen MR) is 50.5 cm³/mol. The number of rotatable bonds is 1. The number of aryl methyl sites for hydroxylation is 1. The van der Waals surface area contributed by atoms with E-state index in [1.165, 1.54) is 19.3 Å². The fourth-order valence-electron chi connectivity index (χ4n) is 1.94. The van der Waals surface area contributed by atoms with Crippen LogP contribution in [0.15, 0.2) is 6.33 Å². The summed E-state index contributed by atoms with van der Waals surface area (Å²) in [4.78, 5) is 0. The van der Waals surface area contributed by atoms with E-state index in [9.17, 15) is 0 Å². The Morgan fingerprint density at radius 2 is 2.38 bits per heavy atom. The Labute approximate surface area is 78.4 Å². The van der Waals surface area contributed by atoms with E-state index in [0.29, 0.717) is 5.92 Å². The van der Waals surface area contributed by atoms with E-state index >= 15 is 0 Å². The molecule has 13 heavy (non-hydrogen) atoms. The molecule has 1 atom stereocenters. The third-order valence-corrected chi connectivity index (χ3v) is 2.69. The van der Waals surface area contributed by atoms with Crippen LogP contribution in [0.1, 0.15) is 31.0 Å². The highest BCUT2D eigenvalue weighted by Gasteiger charge is 2.17. The van der Waals surface area contributed by atoms with Gasteiger partial charge in [0, 0.05) is 13.0 Å². The lowest BCUT2D eigenvalue weighted by atomic mass is 10.00. The van der Waals surface area contributed by atoms with Crippen LogP contribution in [0.25, 0.3) is 0 Å². The van der Waals surface area contributed by atoms with Crippen LogP contribution in [0.5, 0.6) is 0 Å². The fraction of sp³-hybridized carbons (Fsp3) is 0.778. The van der Waals surface area contributed by atoms with Crippen LogP contribution in [0.4, 0.5) is 0 Å². The van der Waals surface area contributed by atoms with Crippen molar-refractivity contribution in [2.75, 3.05) is 13.1 Å². The highest BCUT2D eigenvalue weighted by molar-refractivity contribution is 4.96.